The van der Waals surface area contributed by atoms with Crippen molar-refractivity contribution in [3.8, 4) is 0 Å². The van der Waals surface area contributed by atoms with Crippen LogP contribution >= 0.6 is 15.9 Å². The SMILES string of the molecule is CCN(C(=O)c1cccc(F)c1Br)c1ccc(C)cc1. The summed E-state index contributed by atoms with van der Waals surface area (Å²) in [5.41, 5.74) is 2.26. The second-order valence-electron chi connectivity index (χ2n) is 4.49. The molecule has 2 nitrogen and oxygen atoms in total. The van der Waals surface area contributed by atoms with Gasteiger partial charge in [0, 0.05) is 12.2 Å². The molecule has 2 aromatic rings. The Labute approximate surface area is 126 Å². The van der Waals surface area contributed by atoms with E-state index in [1.54, 1.807) is 11.0 Å². The van der Waals surface area contributed by atoms with E-state index in [4.69, 9.17) is 0 Å². The van der Waals surface area contributed by atoms with Crippen LogP contribution in [-0.2, 0) is 0 Å². The third-order valence-electron chi connectivity index (χ3n) is 3.09. The standard InChI is InChI=1S/C16H15BrFNO/c1-3-19(12-9-7-11(2)8-10-12)16(20)13-5-4-6-14(18)15(13)17/h4-10H,3H2,1-2H3. The predicted molar refractivity (Wildman–Crippen MR) is 82.6 cm³/mol. The molecule has 1 amide bonds. The maximum atomic E-state index is 13.5. The van der Waals surface area contributed by atoms with Crippen LogP contribution < -0.4 is 4.90 Å². The van der Waals surface area contributed by atoms with E-state index in [-0.39, 0.29) is 10.4 Å². The monoisotopic (exact) mass is 335 g/mol. The van der Waals surface area contributed by atoms with Crippen molar-refractivity contribution in [3.05, 3.63) is 63.9 Å². The van der Waals surface area contributed by atoms with Crippen LogP contribution in [-0.4, -0.2) is 12.5 Å². The van der Waals surface area contributed by atoms with E-state index in [0.717, 1.165) is 11.3 Å². The van der Waals surface area contributed by atoms with Gasteiger partial charge in [0.15, 0.2) is 0 Å². The normalized spacial score (nSPS) is 10.4. The smallest absolute Gasteiger partial charge is 0.259 e. The van der Waals surface area contributed by atoms with Gasteiger partial charge in [-0.05, 0) is 54.0 Å². The molecule has 0 atom stereocenters. The Hall–Kier alpha value is -1.68. The number of carbonyl (C=O) groups is 1. The molecule has 0 aliphatic heterocycles. The minimum Gasteiger partial charge on any atom is -0.309 e. The van der Waals surface area contributed by atoms with Gasteiger partial charge >= 0.3 is 0 Å². The molecule has 0 aromatic heterocycles. The summed E-state index contributed by atoms with van der Waals surface area (Å²) in [4.78, 5) is 14.2. The molecule has 4 heteroatoms. The molecule has 0 saturated carbocycles. The summed E-state index contributed by atoms with van der Waals surface area (Å²) in [6, 6.07) is 12.2. The number of hydrogen-bond acceptors (Lipinski definition) is 1. The average molecular weight is 336 g/mol. The van der Waals surface area contributed by atoms with Gasteiger partial charge in [0.05, 0.1) is 10.0 Å². The summed E-state index contributed by atoms with van der Waals surface area (Å²) in [7, 11) is 0. The topological polar surface area (TPSA) is 20.3 Å². The molecule has 0 heterocycles. The van der Waals surface area contributed by atoms with E-state index in [9.17, 15) is 9.18 Å². The van der Waals surface area contributed by atoms with Gasteiger partial charge in [-0.2, -0.15) is 0 Å². The van der Waals surface area contributed by atoms with Crippen molar-refractivity contribution in [2.45, 2.75) is 13.8 Å². The number of aryl methyl sites for hydroxylation is 1. The molecular weight excluding hydrogens is 321 g/mol. The van der Waals surface area contributed by atoms with E-state index in [1.807, 2.05) is 38.1 Å². The van der Waals surface area contributed by atoms with E-state index in [0.29, 0.717) is 12.1 Å². The first-order valence-corrected chi connectivity index (χ1v) is 7.16. The molecule has 0 spiro atoms. The Morgan fingerprint density at radius 1 is 1.20 bits per heavy atom. The van der Waals surface area contributed by atoms with Gasteiger partial charge in [-0.3, -0.25) is 4.79 Å². The molecule has 104 valence electrons. The van der Waals surface area contributed by atoms with Gasteiger partial charge in [0.25, 0.3) is 5.91 Å². The zero-order valence-electron chi connectivity index (χ0n) is 11.4. The summed E-state index contributed by atoms with van der Waals surface area (Å²) in [5, 5.41) is 0. The van der Waals surface area contributed by atoms with Crippen LogP contribution in [0.1, 0.15) is 22.8 Å². The first-order chi connectivity index (χ1) is 9.54. The van der Waals surface area contributed by atoms with Crippen molar-refractivity contribution in [1.82, 2.24) is 0 Å². The maximum Gasteiger partial charge on any atom is 0.259 e. The number of rotatable bonds is 3. The highest BCUT2D eigenvalue weighted by atomic mass is 79.9. The second-order valence-corrected chi connectivity index (χ2v) is 5.28. The fraction of sp³-hybridized carbons (Fsp3) is 0.188. The summed E-state index contributed by atoms with van der Waals surface area (Å²) in [5.74, 6) is -0.654. The Morgan fingerprint density at radius 3 is 2.45 bits per heavy atom. The van der Waals surface area contributed by atoms with Crippen molar-refractivity contribution in [2.75, 3.05) is 11.4 Å². The number of nitrogens with zero attached hydrogens (tertiary/aromatic N) is 1. The summed E-state index contributed by atoms with van der Waals surface area (Å²) in [6.07, 6.45) is 0. The highest BCUT2D eigenvalue weighted by molar-refractivity contribution is 9.10. The third-order valence-corrected chi connectivity index (χ3v) is 3.89. The van der Waals surface area contributed by atoms with Gasteiger partial charge in [-0.1, -0.05) is 23.8 Å². The van der Waals surface area contributed by atoms with Gasteiger partial charge in [0.2, 0.25) is 0 Å². The number of carbonyl (C=O) groups excluding carboxylic acids is 1. The van der Waals surface area contributed by atoms with E-state index < -0.39 is 5.82 Å². The zero-order chi connectivity index (χ0) is 14.7. The number of benzene rings is 2. The molecule has 0 N–H and O–H groups in total. The van der Waals surface area contributed by atoms with Gasteiger partial charge in [-0.15, -0.1) is 0 Å². The lowest BCUT2D eigenvalue weighted by molar-refractivity contribution is 0.0987. The Bertz CT molecular complexity index is 625. The highest BCUT2D eigenvalue weighted by Crippen LogP contribution is 2.24. The lowest BCUT2D eigenvalue weighted by Crippen LogP contribution is -2.31. The van der Waals surface area contributed by atoms with E-state index in [2.05, 4.69) is 15.9 Å². The second kappa shape index (κ2) is 6.18. The Kier molecular flexibility index (Phi) is 4.55. The van der Waals surface area contributed by atoms with Crippen molar-refractivity contribution in [2.24, 2.45) is 0 Å². The predicted octanol–water partition coefficient (Wildman–Crippen LogP) is 4.56. The molecule has 0 aliphatic rings. The molecule has 0 fully saturated rings. The van der Waals surface area contributed by atoms with Crippen LogP contribution in [0.15, 0.2) is 46.9 Å². The Balaban J connectivity index is 2.39. The molecule has 0 bridgehead atoms. The highest BCUT2D eigenvalue weighted by Gasteiger charge is 2.19. The minimum atomic E-state index is -0.434. The average Bonchev–Trinajstić information content (AvgIpc) is 2.44. The fourth-order valence-electron chi connectivity index (χ4n) is 1.98. The van der Waals surface area contributed by atoms with Crippen molar-refractivity contribution >= 4 is 27.5 Å². The van der Waals surface area contributed by atoms with Gasteiger partial charge < -0.3 is 4.90 Å². The maximum absolute atomic E-state index is 13.5. The minimum absolute atomic E-state index is 0.204. The first-order valence-electron chi connectivity index (χ1n) is 6.37. The summed E-state index contributed by atoms with van der Waals surface area (Å²) in [6.45, 7) is 4.40. The van der Waals surface area contributed by atoms with Crippen LogP contribution in [0.4, 0.5) is 10.1 Å². The van der Waals surface area contributed by atoms with Crippen LogP contribution in [0.25, 0.3) is 0 Å². The Morgan fingerprint density at radius 2 is 1.85 bits per heavy atom. The molecule has 20 heavy (non-hydrogen) atoms. The molecule has 2 aromatic carbocycles. The molecule has 0 unspecified atom stereocenters. The van der Waals surface area contributed by atoms with Gasteiger partial charge in [-0.25, -0.2) is 4.39 Å². The van der Waals surface area contributed by atoms with Gasteiger partial charge in [0.1, 0.15) is 5.82 Å². The van der Waals surface area contributed by atoms with Crippen LogP contribution in [0, 0.1) is 12.7 Å². The summed E-state index contributed by atoms with van der Waals surface area (Å²) < 4.78 is 13.7. The van der Waals surface area contributed by atoms with Crippen LogP contribution in [0.2, 0.25) is 0 Å². The fourth-order valence-corrected chi connectivity index (χ4v) is 2.42. The third kappa shape index (κ3) is 2.90. The summed E-state index contributed by atoms with van der Waals surface area (Å²) >= 11 is 3.14. The van der Waals surface area contributed by atoms with Crippen molar-refractivity contribution < 1.29 is 9.18 Å². The van der Waals surface area contributed by atoms with E-state index >= 15 is 0 Å². The lowest BCUT2D eigenvalue weighted by atomic mass is 10.1. The molecule has 0 aliphatic carbocycles. The number of amides is 1. The number of anilines is 1. The zero-order valence-corrected chi connectivity index (χ0v) is 12.9. The van der Waals surface area contributed by atoms with E-state index in [1.165, 1.54) is 12.1 Å². The molecule has 0 saturated heterocycles. The quantitative estimate of drug-likeness (QED) is 0.804. The van der Waals surface area contributed by atoms with Crippen LogP contribution in [0.5, 0.6) is 0 Å². The van der Waals surface area contributed by atoms with Crippen molar-refractivity contribution in [3.63, 3.8) is 0 Å². The molecular formula is C16H15BrFNO. The van der Waals surface area contributed by atoms with Crippen LogP contribution in [0.3, 0.4) is 0 Å². The first kappa shape index (κ1) is 14.7. The number of hydrogen-bond donors (Lipinski definition) is 0. The largest absolute Gasteiger partial charge is 0.309 e. The van der Waals surface area contributed by atoms with Crippen molar-refractivity contribution in [1.29, 1.82) is 0 Å². The molecule has 0 radical (unpaired) electrons. The lowest BCUT2D eigenvalue weighted by Gasteiger charge is -2.22. The molecule has 2 rings (SSSR count). The number of halogens is 2.